The van der Waals surface area contributed by atoms with Crippen molar-refractivity contribution < 1.29 is 9.47 Å². The van der Waals surface area contributed by atoms with Crippen molar-refractivity contribution in [2.45, 2.75) is 19.7 Å². The first-order valence-electron chi connectivity index (χ1n) is 8.64. The molecule has 3 rings (SSSR count). The monoisotopic (exact) mass is 445 g/mol. The van der Waals surface area contributed by atoms with E-state index in [0.717, 1.165) is 27.9 Å². The second-order valence-electron chi connectivity index (χ2n) is 6.07. The first-order chi connectivity index (χ1) is 13.2. The molecule has 0 amide bonds. The molecule has 0 aliphatic carbocycles. The maximum absolute atomic E-state index is 6.13. The molecule has 0 fully saturated rings. The van der Waals surface area contributed by atoms with Crippen LogP contribution in [0.25, 0.3) is 0 Å². The minimum Gasteiger partial charge on any atom is -0.493 e. The molecule has 0 saturated carbocycles. The normalized spacial score (nSPS) is 10.6. The summed E-state index contributed by atoms with van der Waals surface area (Å²) in [6, 6.07) is 21.8. The van der Waals surface area contributed by atoms with Crippen molar-refractivity contribution in [1.29, 1.82) is 0 Å². The van der Waals surface area contributed by atoms with E-state index in [1.165, 1.54) is 5.56 Å². The van der Waals surface area contributed by atoms with Crippen LogP contribution < -0.4 is 14.8 Å². The van der Waals surface area contributed by atoms with E-state index in [9.17, 15) is 0 Å². The Bertz CT molecular complexity index is 887. The number of nitrogens with one attached hydrogen (secondary N) is 1. The molecular formula is C22H21BrClNO2. The minimum atomic E-state index is 0.416. The van der Waals surface area contributed by atoms with Crippen molar-refractivity contribution in [2.24, 2.45) is 0 Å². The van der Waals surface area contributed by atoms with Gasteiger partial charge in [0.05, 0.1) is 7.11 Å². The zero-order valence-corrected chi connectivity index (χ0v) is 17.4. The number of hydrogen-bond donors (Lipinski definition) is 1. The molecule has 3 nitrogen and oxygen atoms in total. The summed E-state index contributed by atoms with van der Waals surface area (Å²) in [6.45, 7) is 1.84. The molecule has 0 atom stereocenters. The van der Waals surface area contributed by atoms with Crippen LogP contribution >= 0.6 is 27.5 Å². The van der Waals surface area contributed by atoms with Crippen molar-refractivity contribution in [2.75, 3.05) is 7.11 Å². The molecule has 0 aliphatic rings. The van der Waals surface area contributed by atoms with Crippen LogP contribution in [0.4, 0.5) is 0 Å². The van der Waals surface area contributed by atoms with Gasteiger partial charge >= 0.3 is 0 Å². The van der Waals surface area contributed by atoms with Gasteiger partial charge in [-0.15, -0.1) is 0 Å². The summed E-state index contributed by atoms with van der Waals surface area (Å²) in [5.74, 6) is 1.43. The number of halogens is 2. The molecule has 0 unspecified atom stereocenters. The Hall–Kier alpha value is -2.01. The van der Waals surface area contributed by atoms with E-state index in [1.807, 2.05) is 54.6 Å². The summed E-state index contributed by atoms with van der Waals surface area (Å²) in [5, 5.41) is 4.17. The highest BCUT2D eigenvalue weighted by atomic mass is 79.9. The van der Waals surface area contributed by atoms with Gasteiger partial charge in [0.1, 0.15) is 6.61 Å². The van der Waals surface area contributed by atoms with E-state index < -0.39 is 0 Å². The van der Waals surface area contributed by atoms with Gasteiger partial charge in [-0.1, -0.05) is 70.0 Å². The highest BCUT2D eigenvalue weighted by Crippen LogP contribution is 2.37. The summed E-state index contributed by atoms with van der Waals surface area (Å²) < 4.78 is 12.6. The maximum Gasteiger partial charge on any atom is 0.167 e. The minimum absolute atomic E-state index is 0.416. The topological polar surface area (TPSA) is 30.5 Å². The van der Waals surface area contributed by atoms with Gasteiger partial charge < -0.3 is 14.8 Å². The standard InChI is InChI=1S/C22H21BrClNO2/c1-26-21-11-10-20(23)19(14-25-13-16-6-3-2-4-7-16)22(21)27-15-17-8-5-9-18(24)12-17/h2-12,25H,13-15H2,1H3. The molecule has 3 aromatic rings. The molecule has 27 heavy (non-hydrogen) atoms. The van der Waals surface area contributed by atoms with Gasteiger partial charge in [-0.05, 0) is 35.4 Å². The SMILES string of the molecule is COc1ccc(Br)c(CNCc2ccccc2)c1OCc1cccc(Cl)c1. The zero-order valence-electron chi connectivity index (χ0n) is 15.0. The van der Waals surface area contributed by atoms with Gasteiger partial charge in [0, 0.05) is 28.1 Å². The average molecular weight is 447 g/mol. The Balaban J connectivity index is 1.75. The van der Waals surface area contributed by atoms with Gasteiger partial charge in [-0.3, -0.25) is 0 Å². The number of ether oxygens (including phenoxy) is 2. The summed E-state index contributed by atoms with van der Waals surface area (Å²) in [4.78, 5) is 0. The highest BCUT2D eigenvalue weighted by Gasteiger charge is 2.15. The fraction of sp³-hybridized carbons (Fsp3) is 0.182. The molecule has 0 spiro atoms. The van der Waals surface area contributed by atoms with Gasteiger partial charge in [0.15, 0.2) is 11.5 Å². The summed E-state index contributed by atoms with van der Waals surface area (Å²) >= 11 is 9.71. The number of rotatable bonds is 8. The van der Waals surface area contributed by atoms with E-state index in [0.29, 0.717) is 23.9 Å². The fourth-order valence-electron chi connectivity index (χ4n) is 2.78. The Morgan fingerprint density at radius 1 is 0.926 bits per heavy atom. The lowest BCUT2D eigenvalue weighted by atomic mass is 10.1. The number of hydrogen-bond acceptors (Lipinski definition) is 3. The molecule has 0 aliphatic heterocycles. The predicted octanol–water partition coefficient (Wildman–Crippen LogP) is 5.98. The van der Waals surface area contributed by atoms with Crippen LogP contribution in [0.5, 0.6) is 11.5 Å². The van der Waals surface area contributed by atoms with Gasteiger partial charge in [0.2, 0.25) is 0 Å². The highest BCUT2D eigenvalue weighted by molar-refractivity contribution is 9.10. The van der Waals surface area contributed by atoms with Crippen LogP contribution in [0.1, 0.15) is 16.7 Å². The Kier molecular flexibility index (Phi) is 7.16. The van der Waals surface area contributed by atoms with Crippen LogP contribution in [0.3, 0.4) is 0 Å². The lowest BCUT2D eigenvalue weighted by Gasteiger charge is -2.17. The summed E-state index contributed by atoms with van der Waals surface area (Å²) in [5.41, 5.74) is 3.26. The van der Waals surface area contributed by atoms with Crippen molar-refractivity contribution in [3.8, 4) is 11.5 Å². The van der Waals surface area contributed by atoms with Crippen LogP contribution in [-0.4, -0.2) is 7.11 Å². The third kappa shape index (κ3) is 5.48. The molecule has 0 saturated heterocycles. The molecule has 0 heterocycles. The molecule has 0 radical (unpaired) electrons. The second kappa shape index (κ2) is 9.79. The van der Waals surface area contributed by atoms with Crippen molar-refractivity contribution in [3.63, 3.8) is 0 Å². The Morgan fingerprint density at radius 2 is 1.70 bits per heavy atom. The molecular weight excluding hydrogens is 426 g/mol. The van der Waals surface area contributed by atoms with Crippen LogP contribution in [0, 0.1) is 0 Å². The fourth-order valence-corrected chi connectivity index (χ4v) is 3.44. The molecule has 3 aromatic carbocycles. The van der Waals surface area contributed by atoms with E-state index in [1.54, 1.807) is 7.11 Å². The predicted molar refractivity (Wildman–Crippen MR) is 113 cm³/mol. The van der Waals surface area contributed by atoms with Crippen molar-refractivity contribution in [3.05, 3.63) is 92.9 Å². The van der Waals surface area contributed by atoms with E-state index >= 15 is 0 Å². The summed E-state index contributed by atoms with van der Waals surface area (Å²) in [7, 11) is 1.65. The lowest BCUT2D eigenvalue weighted by Crippen LogP contribution is -2.14. The Labute approximate surface area is 173 Å². The molecule has 0 bridgehead atoms. The van der Waals surface area contributed by atoms with Gasteiger partial charge in [-0.25, -0.2) is 0 Å². The summed E-state index contributed by atoms with van der Waals surface area (Å²) in [6.07, 6.45) is 0. The smallest absolute Gasteiger partial charge is 0.167 e. The first kappa shape index (κ1) is 19.7. The molecule has 0 aromatic heterocycles. The number of benzene rings is 3. The van der Waals surface area contributed by atoms with E-state index in [2.05, 4.69) is 33.4 Å². The number of methoxy groups -OCH3 is 1. The van der Waals surface area contributed by atoms with Gasteiger partial charge in [0.25, 0.3) is 0 Å². The van der Waals surface area contributed by atoms with E-state index in [4.69, 9.17) is 21.1 Å². The second-order valence-corrected chi connectivity index (χ2v) is 7.36. The largest absolute Gasteiger partial charge is 0.493 e. The lowest BCUT2D eigenvalue weighted by molar-refractivity contribution is 0.280. The van der Waals surface area contributed by atoms with Crippen LogP contribution in [0.2, 0.25) is 5.02 Å². The van der Waals surface area contributed by atoms with Gasteiger partial charge in [-0.2, -0.15) is 0 Å². The first-order valence-corrected chi connectivity index (χ1v) is 9.81. The zero-order chi connectivity index (χ0) is 19.1. The maximum atomic E-state index is 6.13. The molecule has 1 N–H and O–H groups in total. The third-order valence-electron chi connectivity index (χ3n) is 4.13. The molecule has 5 heteroatoms. The van der Waals surface area contributed by atoms with Crippen LogP contribution in [0.15, 0.2) is 71.2 Å². The van der Waals surface area contributed by atoms with Crippen molar-refractivity contribution in [1.82, 2.24) is 5.32 Å². The molecule has 140 valence electrons. The average Bonchev–Trinajstić information content (AvgIpc) is 2.69. The van der Waals surface area contributed by atoms with Crippen LogP contribution in [-0.2, 0) is 19.7 Å². The quantitative estimate of drug-likeness (QED) is 0.462. The van der Waals surface area contributed by atoms with Crippen molar-refractivity contribution >= 4 is 27.5 Å². The third-order valence-corrected chi connectivity index (χ3v) is 5.11. The Morgan fingerprint density at radius 3 is 2.44 bits per heavy atom. The van der Waals surface area contributed by atoms with E-state index in [-0.39, 0.29) is 0 Å².